The second-order valence-corrected chi connectivity index (χ2v) is 5.59. The van der Waals surface area contributed by atoms with Crippen LogP contribution in [-0.2, 0) is 4.79 Å². The number of carboxylic acid groups (broad SMARTS) is 1. The third-order valence-corrected chi connectivity index (χ3v) is 3.07. The molecule has 0 saturated heterocycles. The molecule has 128 valence electrons. The molecule has 0 rings (SSSR count). The van der Waals surface area contributed by atoms with Gasteiger partial charge in [0.25, 0.3) is 0 Å². The van der Waals surface area contributed by atoms with Gasteiger partial charge in [-0.05, 0) is 27.2 Å². The Bertz CT molecular complexity index is 521. The predicted molar refractivity (Wildman–Crippen MR) is 94.1 cm³/mol. The highest BCUT2D eigenvalue weighted by molar-refractivity contribution is 5.80. The summed E-state index contributed by atoms with van der Waals surface area (Å²) in [6.45, 7) is 7.57. The first kappa shape index (κ1) is 21.1. The maximum absolute atomic E-state index is 10.4. The highest BCUT2D eigenvalue weighted by atomic mass is 16.4. The molecule has 0 saturated carbocycles. The van der Waals surface area contributed by atoms with Crippen molar-refractivity contribution in [3.8, 4) is 0 Å². The van der Waals surface area contributed by atoms with Crippen molar-refractivity contribution in [3.05, 3.63) is 59.3 Å². The molecule has 0 aliphatic rings. The van der Waals surface area contributed by atoms with E-state index in [0.29, 0.717) is 6.42 Å². The fourth-order valence-electron chi connectivity index (χ4n) is 1.91. The van der Waals surface area contributed by atoms with Crippen molar-refractivity contribution in [2.45, 2.75) is 52.7 Å². The summed E-state index contributed by atoms with van der Waals surface area (Å²) in [7, 11) is 0. The second kappa shape index (κ2) is 11.6. The van der Waals surface area contributed by atoms with Gasteiger partial charge in [-0.1, -0.05) is 66.5 Å². The Morgan fingerprint density at radius 1 is 1.00 bits per heavy atom. The Balaban J connectivity index is 4.71. The molecule has 23 heavy (non-hydrogen) atoms. The van der Waals surface area contributed by atoms with Crippen molar-refractivity contribution in [2.24, 2.45) is 0 Å². The molecular formula is C19H28O4. The van der Waals surface area contributed by atoms with E-state index in [1.807, 2.05) is 52.0 Å². The number of aliphatic hydroxyl groups excluding tert-OH is 2. The molecular weight excluding hydrogens is 292 g/mol. The summed E-state index contributed by atoms with van der Waals surface area (Å²) in [4.78, 5) is 10.4. The average molecular weight is 320 g/mol. The molecule has 0 aromatic rings. The van der Waals surface area contributed by atoms with Gasteiger partial charge in [-0.25, -0.2) is 4.79 Å². The lowest BCUT2D eigenvalue weighted by Gasteiger charge is -2.13. The van der Waals surface area contributed by atoms with Gasteiger partial charge >= 0.3 is 5.97 Å². The minimum Gasteiger partial charge on any atom is -0.478 e. The topological polar surface area (TPSA) is 77.8 Å². The van der Waals surface area contributed by atoms with E-state index >= 15 is 0 Å². The minimum atomic E-state index is -0.969. The van der Waals surface area contributed by atoms with E-state index in [0.717, 1.165) is 29.2 Å². The number of carboxylic acids is 1. The molecule has 0 unspecified atom stereocenters. The number of hydrogen-bond acceptors (Lipinski definition) is 3. The van der Waals surface area contributed by atoms with Gasteiger partial charge in [0.1, 0.15) is 0 Å². The summed E-state index contributed by atoms with van der Waals surface area (Å²) < 4.78 is 0. The van der Waals surface area contributed by atoms with Crippen LogP contribution in [0.15, 0.2) is 59.3 Å². The molecule has 0 aliphatic carbocycles. The highest BCUT2D eigenvalue weighted by Gasteiger charge is 2.11. The SMILES string of the molecule is CCC[C@H](O)[C@@H](O)/C=C(C)/C=C/C=C(C)/C=C(C)/C=C/C(=O)O. The average Bonchev–Trinajstić information content (AvgIpc) is 2.45. The van der Waals surface area contributed by atoms with E-state index in [2.05, 4.69) is 0 Å². The molecule has 4 nitrogen and oxygen atoms in total. The van der Waals surface area contributed by atoms with Crippen molar-refractivity contribution >= 4 is 5.97 Å². The van der Waals surface area contributed by atoms with Crippen LogP contribution in [0.4, 0.5) is 0 Å². The molecule has 2 atom stereocenters. The Morgan fingerprint density at radius 2 is 1.65 bits per heavy atom. The molecule has 0 aromatic heterocycles. The Morgan fingerprint density at radius 3 is 2.22 bits per heavy atom. The number of hydrogen-bond donors (Lipinski definition) is 3. The van der Waals surface area contributed by atoms with Gasteiger partial charge in [0.2, 0.25) is 0 Å². The normalized spacial score (nSPS) is 17.0. The van der Waals surface area contributed by atoms with Crippen molar-refractivity contribution in [3.63, 3.8) is 0 Å². The van der Waals surface area contributed by atoms with Crippen LogP contribution < -0.4 is 0 Å². The van der Waals surface area contributed by atoms with Crippen LogP contribution in [0.1, 0.15) is 40.5 Å². The summed E-state index contributed by atoms with van der Waals surface area (Å²) >= 11 is 0. The van der Waals surface area contributed by atoms with Crippen LogP contribution in [0, 0.1) is 0 Å². The fourth-order valence-corrected chi connectivity index (χ4v) is 1.91. The quantitative estimate of drug-likeness (QED) is 0.448. The number of aliphatic hydroxyl groups is 2. The number of rotatable bonds is 9. The summed E-state index contributed by atoms with van der Waals surface area (Å²) in [5, 5.41) is 28.1. The second-order valence-electron chi connectivity index (χ2n) is 5.59. The lowest BCUT2D eigenvalue weighted by molar-refractivity contribution is -0.131. The summed E-state index contributed by atoms with van der Waals surface area (Å²) in [6, 6.07) is 0. The molecule has 0 bridgehead atoms. The molecule has 0 aromatic carbocycles. The van der Waals surface area contributed by atoms with E-state index < -0.39 is 18.2 Å². The Hall–Kier alpha value is -1.91. The van der Waals surface area contributed by atoms with Gasteiger partial charge in [0.05, 0.1) is 12.2 Å². The number of aliphatic carboxylic acids is 1. The van der Waals surface area contributed by atoms with Gasteiger partial charge < -0.3 is 15.3 Å². The van der Waals surface area contributed by atoms with Gasteiger partial charge in [-0.2, -0.15) is 0 Å². The highest BCUT2D eigenvalue weighted by Crippen LogP contribution is 2.08. The van der Waals surface area contributed by atoms with Crippen LogP contribution >= 0.6 is 0 Å². The van der Waals surface area contributed by atoms with Crippen LogP contribution in [0.3, 0.4) is 0 Å². The largest absolute Gasteiger partial charge is 0.478 e. The van der Waals surface area contributed by atoms with Crippen molar-refractivity contribution < 1.29 is 20.1 Å². The third-order valence-electron chi connectivity index (χ3n) is 3.07. The van der Waals surface area contributed by atoms with E-state index in [-0.39, 0.29) is 0 Å². The van der Waals surface area contributed by atoms with Gasteiger partial charge in [0.15, 0.2) is 0 Å². The van der Waals surface area contributed by atoms with Gasteiger partial charge in [0, 0.05) is 6.08 Å². The summed E-state index contributed by atoms with van der Waals surface area (Å²) in [5.41, 5.74) is 2.69. The maximum Gasteiger partial charge on any atom is 0.328 e. The first-order valence-corrected chi connectivity index (χ1v) is 7.75. The minimum absolute atomic E-state index is 0.571. The molecule has 0 aliphatic heterocycles. The van der Waals surface area contributed by atoms with Gasteiger partial charge in [-0.3, -0.25) is 0 Å². The molecule has 0 spiro atoms. The van der Waals surface area contributed by atoms with Crippen LogP contribution in [0.2, 0.25) is 0 Å². The molecule has 0 amide bonds. The maximum atomic E-state index is 10.4. The first-order chi connectivity index (χ1) is 10.8. The molecule has 0 radical (unpaired) electrons. The molecule has 4 heteroatoms. The molecule has 0 fully saturated rings. The standard InChI is InChI=1S/C19H28O4/c1-5-7-17(20)18(21)13-15(3)9-6-8-14(2)12-16(4)10-11-19(22)23/h6,8-13,17-18,20-21H,5,7H2,1-4H3,(H,22,23)/b9-6+,11-10+,14-8+,15-13+,16-12+/t17-,18-/m0/s1. The van der Waals surface area contributed by atoms with E-state index in [1.54, 1.807) is 12.2 Å². The lowest BCUT2D eigenvalue weighted by Crippen LogP contribution is -2.23. The monoisotopic (exact) mass is 320 g/mol. The van der Waals surface area contributed by atoms with E-state index in [4.69, 9.17) is 5.11 Å². The zero-order chi connectivity index (χ0) is 17.8. The smallest absolute Gasteiger partial charge is 0.328 e. The van der Waals surface area contributed by atoms with E-state index in [9.17, 15) is 15.0 Å². The fraction of sp³-hybridized carbons (Fsp3) is 0.421. The lowest BCUT2D eigenvalue weighted by atomic mass is 10.1. The van der Waals surface area contributed by atoms with E-state index in [1.165, 1.54) is 0 Å². The van der Waals surface area contributed by atoms with Crippen molar-refractivity contribution in [2.75, 3.05) is 0 Å². The molecule has 0 heterocycles. The Labute approximate surface area is 138 Å². The summed E-state index contributed by atoms with van der Waals surface area (Å²) in [6.07, 6.45) is 11.6. The van der Waals surface area contributed by atoms with Crippen molar-refractivity contribution in [1.29, 1.82) is 0 Å². The molecule has 3 N–H and O–H groups in total. The third kappa shape index (κ3) is 11.3. The van der Waals surface area contributed by atoms with Crippen LogP contribution in [-0.4, -0.2) is 33.5 Å². The Kier molecular flexibility index (Phi) is 10.7. The summed E-state index contributed by atoms with van der Waals surface area (Å²) in [5.74, 6) is -0.969. The number of carbonyl (C=O) groups is 1. The van der Waals surface area contributed by atoms with Gasteiger partial charge in [-0.15, -0.1) is 0 Å². The number of allylic oxidation sites excluding steroid dienone is 8. The van der Waals surface area contributed by atoms with Crippen LogP contribution in [0.5, 0.6) is 0 Å². The first-order valence-electron chi connectivity index (χ1n) is 7.75. The van der Waals surface area contributed by atoms with Crippen molar-refractivity contribution in [1.82, 2.24) is 0 Å². The van der Waals surface area contributed by atoms with Crippen LogP contribution in [0.25, 0.3) is 0 Å². The predicted octanol–water partition coefficient (Wildman–Crippen LogP) is 3.54. The zero-order valence-corrected chi connectivity index (χ0v) is 14.4. The zero-order valence-electron chi connectivity index (χ0n) is 14.4.